The maximum Gasteiger partial charge on any atom is 0.338 e. The summed E-state index contributed by atoms with van der Waals surface area (Å²) in [5, 5.41) is 3.41. The van der Waals surface area contributed by atoms with Gasteiger partial charge in [-0.1, -0.05) is 68.5 Å². The summed E-state index contributed by atoms with van der Waals surface area (Å²) in [4.78, 5) is 42.7. The van der Waals surface area contributed by atoms with E-state index in [0.29, 0.717) is 32.7 Å². The number of nitrogens with zero attached hydrogens (tertiary/aromatic N) is 1. The zero-order valence-electron chi connectivity index (χ0n) is 22.6. The first-order valence-corrected chi connectivity index (χ1v) is 13.6. The number of para-hydroxylation sites is 1. The highest BCUT2D eigenvalue weighted by Gasteiger charge is 2.21. The van der Waals surface area contributed by atoms with Crippen LogP contribution in [0.5, 0.6) is 5.75 Å². The third-order valence-electron chi connectivity index (χ3n) is 6.26. The average Bonchev–Trinajstić information content (AvgIpc) is 3.33. The summed E-state index contributed by atoms with van der Waals surface area (Å²) < 4.78 is 17.7. The van der Waals surface area contributed by atoms with E-state index in [4.69, 9.17) is 13.9 Å². The monoisotopic (exact) mass is 556 g/mol. The fraction of sp³-hybridized carbons (Fsp3) is 0.226. The van der Waals surface area contributed by atoms with Crippen molar-refractivity contribution in [3.63, 3.8) is 0 Å². The lowest BCUT2D eigenvalue weighted by Crippen LogP contribution is -2.22. The molecule has 0 spiro atoms. The number of thiazole rings is 1. The van der Waals surface area contributed by atoms with Gasteiger partial charge in [0.1, 0.15) is 5.58 Å². The molecule has 5 rings (SSSR count). The molecule has 1 N–H and O–H groups in total. The van der Waals surface area contributed by atoms with E-state index in [0.717, 1.165) is 10.3 Å². The number of anilines is 1. The van der Waals surface area contributed by atoms with Crippen LogP contribution in [0.15, 0.2) is 75.9 Å². The van der Waals surface area contributed by atoms with Gasteiger partial charge in [-0.15, -0.1) is 0 Å². The number of ether oxygens (including phenoxy) is 2. The molecule has 0 saturated heterocycles. The molecule has 0 radical (unpaired) electrons. The average molecular weight is 557 g/mol. The number of carbonyl (C=O) groups excluding carboxylic acids is 2. The summed E-state index contributed by atoms with van der Waals surface area (Å²) in [6.45, 7) is 7.95. The van der Waals surface area contributed by atoms with E-state index in [1.165, 1.54) is 11.3 Å². The SMILES string of the molecule is CCOC(=O)c1ccc2nc(NC(=O)COc3c(-c4ccc(C(C)(C)C)cc4)oc4ccccc4c3=O)sc2c1. The molecule has 204 valence electrons. The van der Waals surface area contributed by atoms with Crippen molar-refractivity contribution in [2.24, 2.45) is 0 Å². The summed E-state index contributed by atoms with van der Waals surface area (Å²) in [6, 6.07) is 19.7. The van der Waals surface area contributed by atoms with E-state index in [-0.39, 0.29) is 29.0 Å². The molecule has 0 atom stereocenters. The van der Waals surface area contributed by atoms with Crippen molar-refractivity contribution in [2.45, 2.75) is 33.1 Å². The molecule has 0 unspecified atom stereocenters. The first-order valence-electron chi connectivity index (χ1n) is 12.8. The standard InChI is InChI=1S/C31H28N2O6S/c1-5-37-29(36)19-12-15-22-24(16-19)40-30(32-22)33-25(34)17-38-28-26(35)21-8-6-7-9-23(21)39-27(28)18-10-13-20(14-11-18)31(2,3)4/h6-16H,5,17H2,1-4H3,(H,32,33,34). The van der Waals surface area contributed by atoms with Crippen molar-refractivity contribution < 1.29 is 23.5 Å². The molecule has 0 fully saturated rings. The lowest BCUT2D eigenvalue weighted by molar-refractivity contribution is -0.118. The molecule has 2 aromatic heterocycles. The number of hydrogen-bond acceptors (Lipinski definition) is 8. The topological polar surface area (TPSA) is 108 Å². The van der Waals surface area contributed by atoms with Crippen LogP contribution in [0, 0.1) is 0 Å². The van der Waals surface area contributed by atoms with Crippen LogP contribution in [0.2, 0.25) is 0 Å². The number of amides is 1. The maximum atomic E-state index is 13.4. The van der Waals surface area contributed by atoms with Gasteiger partial charge in [-0.25, -0.2) is 9.78 Å². The molecule has 9 heteroatoms. The number of rotatable bonds is 7. The normalized spacial score (nSPS) is 11.5. The summed E-state index contributed by atoms with van der Waals surface area (Å²) >= 11 is 1.22. The second-order valence-electron chi connectivity index (χ2n) is 10.2. The molecule has 0 saturated carbocycles. The van der Waals surface area contributed by atoms with Gasteiger partial charge in [0.25, 0.3) is 5.91 Å². The Balaban J connectivity index is 1.39. The van der Waals surface area contributed by atoms with Crippen LogP contribution in [0.4, 0.5) is 5.13 Å². The van der Waals surface area contributed by atoms with E-state index < -0.39 is 18.5 Å². The molecule has 5 aromatic rings. The number of esters is 1. The van der Waals surface area contributed by atoms with Crippen molar-refractivity contribution in [2.75, 3.05) is 18.5 Å². The molecule has 2 heterocycles. The molecule has 0 aliphatic carbocycles. The largest absolute Gasteiger partial charge is 0.476 e. The number of benzene rings is 3. The lowest BCUT2D eigenvalue weighted by atomic mass is 9.86. The minimum Gasteiger partial charge on any atom is -0.476 e. The highest BCUT2D eigenvalue weighted by Crippen LogP contribution is 2.33. The predicted octanol–water partition coefficient (Wildman–Crippen LogP) is 6.56. The summed E-state index contributed by atoms with van der Waals surface area (Å²) in [6.07, 6.45) is 0. The van der Waals surface area contributed by atoms with Crippen molar-refractivity contribution in [1.82, 2.24) is 4.98 Å². The Morgan fingerprint density at radius 1 is 1.02 bits per heavy atom. The van der Waals surface area contributed by atoms with E-state index in [9.17, 15) is 14.4 Å². The number of nitrogens with one attached hydrogen (secondary N) is 1. The Morgan fingerprint density at radius 2 is 1.77 bits per heavy atom. The molecule has 1 amide bonds. The Labute approximate surface area is 234 Å². The highest BCUT2D eigenvalue weighted by molar-refractivity contribution is 7.22. The molecule has 40 heavy (non-hydrogen) atoms. The number of fused-ring (bicyclic) bond motifs is 2. The Bertz CT molecular complexity index is 1780. The van der Waals surface area contributed by atoms with Crippen LogP contribution >= 0.6 is 11.3 Å². The van der Waals surface area contributed by atoms with Gasteiger partial charge in [0.2, 0.25) is 11.2 Å². The fourth-order valence-corrected chi connectivity index (χ4v) is 5.10. The van der Waals surface area contributed by atoms with Gasteiger partial charge in [-0.05, 0) is 48.2 Å². The minimum absolute atomic E-state index is 0.0405. The number of aromatic nitrogens is 1. The lowest BCUT2D eigenvalue weighted by Gasteiger charge is -2.19. The van der Waals surface area contributed by atoms with Crippen molar-refractivity contribution >= 4 is 49.5 Å². The minimum atomic E-state index is -0.494. The third kappa shape index (κ3) is 5.60. The molecule has 0 bridgehead atoms. The van der Waals surface area contributed by atoms with E-state index in [1.54, 1.807) is 49.4 Å². The van der Waals surface area contributed by atoms with Crippen LogP contribution in [0.25, 0.3) is 32.5 Å². The van der Waals surface area contributed by atoms with E-state index in [2.05, 4.69) is 31.1 Å². The van der Waals surface area contributed by atoms with Crippen LogP contribution in [-0.4, -0.2) is 30.1 Å². The molecule has 8 nitrogen and oxygen atoms in total. The zero-order valence-corrected chi connectivity index (χ0v) is 23.4. The summed E-state index contributed by atoms with van der Waals surface area (Å²) in [5.41, 5.74) is 2.85. The van der Waals surface area contributed by atoms with Crippen molar-refractivity contribution in [3.8, 4) is 17.1 Å². The van der Waals surface area contributed by atoms with Crippen LogP contribution < -0.4 is 15.5 Å². The van der Waals surface area contributed by atoms with Crippen LogP contribution in [0.1, 0.15) is 43.6 Å². The Hall–Kier alpha value is -4.50. The quantitative estimate of drug-likeness (QED) is 0.226. The van der Waals surface area contributed by atoms with Gasteiger partial charge in [0.05, 0.1) is 27.8 Å². The first-order chi connectivity index (χ1) is 19.1. The van der Waals surface area contributed by atoms with Gasteiger partial charge in [0, 0.05) is 5.56 Å². The number of hydrogen-bond donors (Lipinski definition) is 1. The molecule has 3 aromatic carbocycles. The fourth-order valence-electron chi connectivity index (χ4n) is 4.18. The Kier molecular flexibility index (Phi) is 7.40. The van der Waals surface area contributed by atoms with Gasteiger partial charge in [-0.2, -0.15) is 0 Å². The Morgan fingerprint density at radius 3 is 2.50 bits per heavy atom. The summed E-state index contributed by atoms with van der Waals surface area (Å²) in [5.74, 6) is -0.703. The van der Waals surface area contributed by atoms with Crippen molar-refractivity contribution in [3.05, 3.63) is 88.1 Å². The second kappa shape index (κ2) is 10.9. The van der Waals surface area contributed by atoms with Gasteiger partial charge in [0.15, 0.2) is 17.5 Å². The number of carbonyl (C=O) groups is 2. The summed E-state index contributed by atoms with van der Waals surface area (Å²) in [7, 11) is 0. The highest BCUT2D eigenvalue weighted by atomic mass is 32.1. The second-order valence-corrected chi connectivity index (χ2v) is 11.2. The zero-order chi connectivity index (χ0) is 28.4. The molecule has 0 aliphatic rings. The van der Waals surface area contributed by atoms with E-state index in [1.807, 2.05) is 24.3 Å². The molecular formula is C31H28N2O6S. The predicted molar refractivity (Wildman–Crippen MR) is 156 cm³/mol. The smallest absolute Gasteiger partial charge is 0.338 e. The van der Waals surface area contributed by atoms with E-state index >= 15 is 0 Å². The van der Waals surface area contributed by atoms with Gasteiger partial charge in [-0.3, -0.25) is 14.9 Å². The first kappa shape index (κ1) is 27.1. The van der Waals surface area contributed by atoms with Crippen molar-refractivity contribution in [1.29, 1.82) is 0 Å². The molecular weight excluding hydrogens is 528 g/mol. The third-order valence-corrected chi connectivity index (χ3v) is 7.20. The van der Waals surface area contributed by atoms with Crippen LogP contribution in [-0.2, 0) is 14.9 Å². The van der Waals surface area contributed by atoms with Gasteiger partial charge >= 0.3 is 5.97 Å². The molecule has 0 aliphatic heterocycles. The maximum absolute atomic E-state index is 13.4. The van der Waals surface area contributed by atoms with Gasteiger partial charge < -0.3 is 13.9 Å². The van der Waals surface area contributed by atoms with Crippen LogP contribution in [0.3, 0.4) is 0 Å².